The minimum absolute atomic E-state index is 0.150. The molecule has 1 aliphatic rings. The van der Waals surface area contributed by atoms with Crippen molar-refractivity contribution in [3.05, 3.63) is 35.9 Å². The average Bonchev–Trinajstić information content (AvgIpc) is 2.83. The van der Waals surface area contributed by atoms with E-state index in [1.54, 1.807) is 7.11 Å². The monoisotopic (exact) mass is 259 g/mol. The first-order chi connectivity index (χ1) is 9.08. The van der Waals surface area contributed by atoms with Crippen LogP contribution in [-0.4, -0.2) is 18.8 Å². The van der Waals surface area contributed by atoms with Gasteiger partial charge in [-0.15, -0.1) is 0 Å². The minimum atomic E-state index is -1.23. The van der Waals surface area contributed by atoms with Gasteiger partial charge in [0.15, 0.2) is 0 Å². The number of ether oxygens (including phenoxy) is 1. The first-order valence-electron chi connectivity index (χ1n) is 6.76. The third-order valence-electron chi connectivity index (χ3n) is 4.37. The first kappa shape index (κ1) is 14.0. The maximum absolute atomic E-state index is 11.2. The molecule has 3 atom stereocenters. The molecule has 3 heteroatoms. The van der Waals surface area contributed by atoms with Crippen molar-refractivity contribution in [3.63, 3.8) is 0 Å². The molecule has 0 amide bonds. The van der Waals surface area contributed by atoms with Gasteiger partial charge in [0.05, 0.1) is 18.1 Å². The van der Waals surface area contributed by atoms with E-state index in [2.05, 4.69) is 13.0 Å². The molecular formula is C16H21NO2. The summed E-state index contributed by atoms with van der Waals surface area (Å²) in [6.45, 7) is 2.29. The highest BCUT2D eigenvalue weighted by molar-refractivity contribution is 5.30. The van der Waals surface area contributed by atoms with Gasteiger partial charge in [-0.3, -0.25) is 0 Å². The lowest BCUT2D eigenvalue weighted by atomic mass is 9.68. The summed E-state index contributed by atoms with van der Waals surface area (Å²) in [6.07, 6.45) is 2.42. The zero-order valence-corrected chi connectivity index (χ0v) is 11.6. The quantitative estimate of drug-likeness (QED) is 0.904. The van der Waals surface area contributed by atoms with Crippen LogP contribution in [0.4, 0.5) is 0 Å². The molecule has 0 saturated heterocycles. The zero-order chi connectivity index (χ0) is 13.9. The number of hydrogen-bond donors (Lipinski definition) is 1. The Labute approximate surface area is 114 Å². The molecule has 2 rings (SSSR count). The van der Waals surface area contributed by atoms with Crippen molar-refractivity contribution < 1.29 is 9.84 Å². The van der Waals surface area contributed by atoms with Crippen LogP contribution in [-0.2, 0) is 10.3 Å². The fourth-order valence-corrected chi connectivity index (χ4v) is 3.28. The minimum Gasteiger partial charge on any atom is -0.381 e. The van der Waals surface area contributed by atoms with E-state index in [4.69, 9.17) is 4.74 Å². The second kappa shape index (κ2) is 5.32. The smallest absolute Gasteiger partial charge is 0.131 e. The second-order valence-corrected chi connectivity index (χ2v) is 5.70. The standard InChI is InChI=1S/C16H21NO2/c1-13-8-9-15(10-13,11-17)16(18,12-19-2)14-6-4-3-5-7-14/h3-7,13,18H,8-10,12H2,1-2H3. The lowest BCUT2D eigenvalue weighted by Crippen LogP contribution is -2.47. The Morgan fingerprint density at radius 2 is 2.16 bits per heavy atom. The summed E-state index contributed by atoms with van der Waals surface area (Å²) in [5.74, 6) is 0.465. The van der Waals surface area contributed by atoms with Gasteiger partial charge < -0.3 is 9.84 Å². The second-order valence-electron chi connectivity index (χ2n) is 5.70. The number of nitriles is 1. The summed E-state index contributed by atoms with van der Waals surface area (Å²) in [6, 6.07) is 11.8. The third-order valence-corrected chi connectivity index (χ3v) is 4.37. The van der Waals surface area contributed by atoms with Gasteiger partial charge in [0.2, 0.25) is 0 Å². The normalized spacial score (nSPS) is 29.7. The van der Waals surface area contributed by atoms with Gasteiger partial charge in [-0.25, -0.2) is 0 Å². The fourth-order valence-electron chi connectivity index (χ4n) is 3.28. The number of hydrogen-bond acceptors (Lipinski definition) is 3. The fraction of sp³-hybridized carbons (Fsp3) is 0.562. The molecule has 102 valence electrons. The number of benzene rings is 1. The van der Waals surface area contributed by atoms with E-state index in [1.165, 1.54) is 0 Å². The van der Waals surface area contributed by atoms with E-state index in [1.807, 2.05) is 30.3 Å². The van der Waals surface area contributed by atoms with Gasteiger partial charge in [0.1, 0.15) is 5.60 Å². The number of rotatable bonds is 4. The Hall–Kier alpha value is -1.37. The third kappa shape index (κ3) is 2.27. The van der Waals surface area contributed by atoms with Crippen molar-refractivity contribution in [1.82, 2.24) is 0 Å². The molecule has 1 aromatic rings. The van der Waals surface area contributed by atoms with Crippen LogP contribution < -0.4 is 0 Å². The summed E-state index contributed by atoms with van der Waals surface area (Å²) in [4.78, 5) is 0. The highest BCUT2D eigenvalue weighted by Crippen LogP contribution is 2.53. The Bertz CT molecular complexity index is 467. The molecule has 0 heterocycles. The SMILES string of the molecule is COCC(O)(c1ccccc1)C1(C#N)CCC(C)C1. The van der Waals surface area contributed by atoms with Gasteiger partial charge in [0.25, 0.3) is 0 Å². The molecular weight excluding hydrogens is 238 g/mol. The van der Waals surface area contributed by atoms with Crippen molar-refractivity contribution in [1.29, 1.82) is 5.26 Å². The Morgan fingerprint density at radius 3 is 2.63 bits per heavy atom. The largest absolute Gasteiger partial charge is 0.381 e. The lowest BCUT2D eigenvalue weighted by molar-refractivity contribution is -0.108. The molecule has 1 fully saturated rings. The molecule has 0 bridgehead atoms. The number of aliphatic hydroxyl groups is 1. The number of methoxy groups -OCH3 is 1. The molecule has 1 aromatic carbocycles. The summed E-state index contributed by atoms with van der Waals surface area (Å²) < 4.78 is 5.23. The molecule has 1 aliphatic carbocycles. The predicted octanol–water partition coefficient (Wildman–Crippen LogP) is 2.85. The highest BCUT2D eigenvalue weighted by atomic mass is 16.5. The average molecular weight is 259 g/mol. The van der Waals surface area contributed by atoms with Crippen LogP contribution in [0.15, 0.2) is 30.3 Å². The van der Waals surface area contributed by atoms with E-state index in [0.29, 0.717) is 5.92 Å². The highest BCUT2D eigenvalue weighted by Gasteiger charge is 2.55. The molecule has 1 saturated carbocycles. The summed E-state index contributed by atoms with van der Waals surface area (Å²) in [7, 11) is 1.57. The molecule has 0 aliphatic heterocycles. The maximum Gasteiger partial charge on any atom is 0.131 e. The molecule has 3 nitrogen and oxygen atoms in total. The Kier molecular flexibility index (Phi) is 3.93. The molecule has 3 unspecified atom stereocenters. The summed E-state index contributed by atoms with van der Waals surface area (Å²) >= 11 is 0. The van der Waals surface area contributed by atoms with Gasteiger partial charge in [-0.05, 0) is 30.7 Å². The van der Waals surface area contributed by atoms with Crippen molar-refractivity contribution in [3.8, 4) is 6.07 Å². The van der Waals surface area contributed by atoms with Crippen molar-refractivity contribution in [2.45, 2.75) is 31.8 Å². The van der Waals surface area contributed by atoms with Crippen LogP contribution in [0.1, 0.15) is 31.7 Å². The van der Waals surface area contributed by atoms with E-state index >= 15 is 0 Å². The van der Waals surface area contributed by atoms with Crippen LogP contribution in [0.25, 0.3) is 0 Å². The van der Waals surface area contributed by atoms with Crippen molar-refractivity contribution >= 4 is 0 Å². The predicted molar refractivity (Wildman–Crippen MR) is 73.3 cm³/mol. The van der Waals surface area contributed by atoms with Crippen LogP contribution in [0, 0.1) is 22.7 Å². The van der Waals surface area contributed by atoms with Gasteiger partial charge >= 0.3 is 0 Å². The maximum atomic E-state index is 11.2. The van der Waals surface area contributed by atoms with Crippen molar-refractivity contribution in [2.24, 2.45) is 11.3 Å². The van der Waals surface area contributed by atoms with Crippen LogP contribution in [0.2, 0.25) is 0 Å². The van der Waals surface area contributed by atoms with Crippen molar-refractivity contribution in [2.75, 3.05) is 13.7 Å². The molecule has 0 aromatic heterocycles. The Morgan fingerprint density at radius 1 is 1.47 bits per heavy atom. The van der Waals surface area contributed by atoms with E-state index in [9.17, 15) is 10.4 Å². The number of nitrogens with zero attached hydrogens (tertiary/aromatic N) is 1. The van der Waals surface area contributed by atoms with E-state index < -0.39 is 11.0 Å². The topological polar surface area (TPSA) is 53.2 Å². The van der Waals surface area contributed by atoms with Gasteiger partial charge in [0, 0.05) is 7.11 Å². The van der Waals surface area contributed by atoms with Gasteiger partial charge in [-0.1, -0.05) is 37.3 Å². The molecule has 1 N–H and O–H groups in total. The zero-order valence-electron chi connectivity index (χ0n) is 11.6. The summed E-state index contributed by atoms with van der Waals surface area (Å²) in [5.41, 5.74) is -1.21. The molecule has 0 spiro atoms. The molecule has 0 radical (unpaired) electrons. The van der Waals surface area contributed by atoms with Crippen LogP contribution >= 0.6 is 0 Å². The van der Waals surface area contributed by atoms with Crippen LogP contribution in [0.3, 0.4) is 0 Å². The van der Waals surface area contributed by atoms with Crippen LogP contribution in [0.5, 0.6) is 0 Å². The van der Waals surface area contributed by atoms with Gasteiger partial charge in [-0.2, -0.15) is 5.26 Å². The Balaban J connectivity index is 2.47. The lowest BCUT2D eigenvalue weighted by Gasteiger charge is -2.40. The summed E-state index contributed by atoms with van der Waals surface area (Å²) in [5, 5.41) is 20.9. The van der Waals surface area contributed by atoms with E-state index in [-0.39, 0.29) is 6.61 Å². The first-order valence-corrected chi connectivity index (χ1v) is 6.76. The van der Waals surface area contributed by atoms with E-state index in [0.717, 1.165) is 24.8 Å². The molecule has 19 heavy (non-hydrogen) atoms.